The maximum atomic E-state index is 12.8. The molecule has 29 heavy (non-hydrogen) atoms. The Morgan fingerprint density at radius 1 is 0.931 bits per heavy atom. The van der Waals surface area contributed by atoms with Crippen LogP contribution < -0.4 is 4.74 Å². The molecule has 1 aromatic carbocycles. The van der Waals surface area contributed by atoms with Crippen LogP contribution >= 0.6 is 11.6 Å². The summed E-state index contributed by atoms with van der Waals surface area (Å²) < 4.78 is 30.3. The van der Waals surface area contributed by atoms with Gasteiger partial charge in [0.2, 0.25) is 0 Å². The molecule has 0 amide bonds. The normalized spacial score (nSPS) is 27.9. The van der Waals surface area contributed by atoms with Crippen LogP contribution in [0.4, 0.5) is 8.78 Å². The standard InChI is InChI=1S/C25H37ClF2O/c1-2-3-4-5-6-18-7-9-19(10-8-18)20-11-13-21(14-12-20)23-16-15-22(26)17-24(23)29-25(27)28/h15-21,25H,2-14H2,1H3. The van der Waals surface area contributed by atoms with Crippen molar-refractivity contribution in [3.63, 3.8) is 0 Å². The van der Waals surface area contributed by atoms with Crippen LogP contribution in [0.1, 0.15) is 102 Å². The van der Waals surface area contributed by atoms with E-state index in [-0.39, 0.29) is 5.75 Å². The lowest BCUT2D eigenvalue weighted by atomic mass is 9.68. The topological polar surface area (TPSA) is 9.23 Å². The van der Waals surface area contributed by atoms with E-state index in [1.54, 1.807) is 6.07 Å². The van der Waals surface area contributed by atoms with Crippen LogP contribution in [-0.2, 0) is 0 Å². The Bertz CT molecular complexity index is 605. The summed E-state index contributed by atoms with van der Waals surface area (Å²) in [5.41, 5.74) is 0.906. The van der Waals surface area contributed by atoms with Gasteiger partial charge in [-0.2, -0.15) is 8.78 Å². The summed E-state index contributed by atoms with van der Waals surface area (Å²) in [5, 5.41) is 0.449. The number of hydrogen-bond donors (Lipinski definition) is 0. The van der Waals surface area contributed by atoms with Crippen LogP contribution in [0, 0.1) is 17.8 Å². The Morgan fingerprint density at radius 2 is 1.59 bits per heavy atom. The number of alkyl halides is 2. The zero-order valence-electron chi connectivity index (χ0n) is 17.9. The summed E-state index contributed by atoms with van der Waals surface area (Å²) in [6.07, 6.45) is 17.2. The zero-order valence-corrected chi connectivity index (χ0v) is 18.6. The van der Waals surface area contributed by atoms with Gasteiger partial charge in [-0.1, -0.05) is 69.5 Å². The summed E-state index contributed by atoms with van der Waals surface area (Å²) in [7, 11) is 0. The first-order chi connectivity index (χ1) is 14.1. The lowest BCUT2D eigenvalue weighted by molar-refractivity contribution is -0.0507. The van der Waals surface area contributed by atoms with Gasteiger partial charge in [-0.15, -0.1) is 0 Å². The quantitative estimate of drug-likeness (QED) is 0.358. The molecule has 3 rings (SSSR count). The minimum absolute atomic E-state index is 0.263. The number of hydrogen-bond acceptors (Lipinski definition) is 1. The lowest BCUT2D eigenvalue weighted by Crippen LogP contribution is -2.25. The molecule has 2 aliphatic carbocycles. The van der Waals surface area contributed by atoms with Gasteiger partial charge in [0.1, 0.15) is 5.75 Å². The first-order valence-corrected chi connectivity index (χ1v) is 12.2. The van der Waals surface area contributed by atoms with Gasteiger partial charge in [0, 0.05) is 5.02 Å². The molecular formula is C25H37ClF2O. The van der Waals surface area contributed by atoms with E-state index >= 15 is 0 Å². The molecule has 0 bridgehead atoms. The first kappa shape index (κ1) is 22.8. The van der Waals surface area contributed by atoms with Crippen molar-refractivity contribution in [2.24, 2.45) is 17.8 Å². The molecule has 1 aromatic rings. The molecule has 0 atom stereocenters. The van der Waals surface area contributed by atoms with Crippen LogP contribution in [0.15, 0.2) is 18.2 Å². The highest BCUT2D eigenvalue weighted by Gasteiger charge is 2.32. The van der Waals surface area contributed by atoms with Crippen LogP contribution in [0.2, 0.25) is 5.02 Å². The van der Waals surface area contributed by atoms with E-state index in [0.717, 1.165) is 36.2 Å². The summed E-state index contributed by atoms with van der Waals surface area (Å²) in [4.78, 5) is 0. The number of ether oxygens (including phenoxy) is 1. The second kappa shape index (κ2) is 11.5. The van der Waals surface area contributed by atoms with Crippen LogP contribution in [0.3, 0.4) is 0 Å². The minimum atomic E-state index is -2.80. The SMILES string of the molecule is CCCCCCC1CCC(C2CCC(c3ccc(Cl)cc3OC(F)F)CC2)CC1. The minimum Gasteiger partial charge on any atom is -0.434 e. The Morgan fingerprint density at radius 3 is 2.21 bits per heavy atom. The number of benzene rings is 1. The fraction of sp³-hybridized carbons (Fsp3) is 0.760. The summed E-state index contributed by atoms with van der Waals surface area (Å²) in [6.45, 7) is -0.528. The van der Waals surface area contributed by atoms with E-state index in [4.69, 9.17) is 16.3 Å². The zero-order chi connectivity index (χ0) is 20.6. The fourth-order valence-electron chi connectivity index (χ4n) is 5.75. The molecule has 2 aliphatic rings. The fourth-order valence-corrected chi connectivity index (χ4v) is 5.92. The molecule has 4 heteroatoms. The average molecular weight is 427 g/mol. The second-order valence-electron chi connectivity index (χ2n) is 9.30. The maximum absolute atomic E-state index is 12.8. The van der Waals surface area contributed by atoms with Crippen molar-refractivity contribution in [1.82, 2.24) is 0 Å². The highest BCUT2D eigenvalue weighted by molar-refractivity contribution is 6.30. The Hall–Kier alpha value is -0.830. The van der Waals surface area contributed by atoms with Gasteiger partial charge in [0.25, 0.3) is 0 Å². The third-order valence-corrected chi connectivity index (χ3v) is 7.66. The smallest absolute Gasteiger partial charge is 0.387 e. The highest BCUT2D eigenvalue weighted by Crippen LogP contribution is 2.46. The average Bonchev–Trinajstić information content (AvgIpc) is 2.72. The second-order valence-corrected chi connectivity index (χ2v) is 9.74. The number of rotatable bonds is 9. The molecule has 1 nitrogen and oxygen atoms in total. The van der Waals surface area contributed by atoms with E-state index in [0.29, 0.717) is 10.9 Å². The maximum Gasteiger partial charge on any atom is 0.387 e. The molecule has 0 aliphatic heterocycles. The molecule has 2 saturated carbocycles. The predicted octanol–water partition coefficient (Wildman–Crippen LogP) is 8.99. The molecule has 0 saturated heterocycles. The third kappa shape index (κ3) is 6.84. The molecule has 0 N–H and O–H groups in total. The summed E-state index contributed by atoms with van der Waals surface area (Å²) >= 11 is 6.00. The molecule has 0 heterocycles. The Balaban J connectivity index is 1.46. The van der Waals surface area contributed by atoms with Gasteiger partial charge in [0.15, 0.2) is 0 Å². The van der Waals surface area contributed by atoms with Crippen LogP contribution in [0.5, 0.6) is 5.75 Å². The van der Waals surface area contributed by atoms with Crippen LogP contribution in [-0.4, -0.2) is 6.61 Å². The van der Waals surface area contributed by atoms with Crippen molar-refractivity contribution in [2.75, 3.05) is 0 Å². The van der Waals surface area contributed by atoms with E-state index in [9.17, 15) is 8.78 Å². The van der Waals surface area contributed by atoms with E-state index in [1.807, 2.05) is 6.07 Å². The van der Waals surface area contributed by atoms with Crippen molar-refractivity contribution in [3.05, 3.63) is 28.8 Å². The van der Waals surface area contributed by atoms with Gasteiger partial charge < -0.3 is 4.74 Å². The Labute approximate surface area is 180 Å². The lowest BCUT2D eigenvalue weighted by Gasteiger charge is -2.38. The van der Waals surface area contributed by atoms with Crippen molar-refractivity contribution in [1.29, 1.82) is 0 Å². The highest BCUT2D eigenvalue weighted by atomic mass is 35.5. The summed E-state index contributed by atoms with van der Waals surface area (Å²) in [6, 6.07) is 5.22. The monoisotopic (exact) mass is 426 g/mol. The van der Waals surface area contributed by atoms with Crippen molar-refractivity contribution >= 4 is 11.6 Å². The molecule has 164 valence electrons. The van der Waals surface area contributed by atoms with Gasteiger partial charge in [0.05, 0.1) is 0 Å². The molecule has 0 unspecified atom stereocenters. The number of halogens is 3. The molecular weight excluding hydrogens is 390 g/mol. The third-order valence-electron chi connectivity index (χ3n) is 7.43. The van der Waals surface area contributed by atoms with Crippen LogP contribution in [0.25, 0.3) is 0 Å². The largest absolute Gasteiger partial charge is 0.434 e. The number of unbranched alkanes of at least 4 members (excludes halogenated alkanes) is 3. The van der Waals surface area contributed by atoms with Crippen molar-refractivity contribution < 1.29 is 13.5 Å². The first-order valence-electron chi connectivity index (χ1n) is 11.8. The Kier molecular flexibility index (Phi) is 9.08. The van der Waals surface area contributed by atoms with E-state index in [1.165, 1.54) is 76.7 Å². The molecule has 0 spiro atoms. The van der Waals surface area contributed by atoms with Gasteiger partial charge in [-0.3, -0.25) is 0 Å². The van der Waals surface area contributed by atoms with Gasteiger partial charge in [-0.25, -0.2) is 0 Å². The predicted molar refractivity (Wildman–Crippen MR) is 117 cm³/mol. The van der Waals surface area contributed by atoms with Gasteiger partial charge in [-0.05, 0) is 79.9 Å². The van der Waals surface area contributed by atoms with E-state index in [2.05, 4.69) is 6.92 Å². The van der Waals surface area contributed by atoms with Crippen molar-refractivity contribution in [3.8, 4) is 5.75 Å². The molecule has 2 fully saturated rings. The molecule has 0 radical (unpaired) electrons. The van der Waals surface area contributed by atoms with Crippen molar-refractivity contribution in [2.45, 2.75) is 103 Å². The molecule has 0 aromatic heterocycles. The van der Waals surface area contributed by atoms with E-state index < -0.39 is 6.61 Å². The van der Waals surface area contributed by atoms with Gasteiger partial charge >= 0.3 is 6.61 Å². The summed E-state index contributed by atoms with van der Waals surface area (Å²) in [5.74, 6) is 3.23.